The topological polar surface area (TPSA) is 71.5 Å². The Hall–Kier alpha value is -2.65. The fourth-order valence-electron chi connectivity index (χ4n) is 4.59. The van der Waals surface area contributed by atoms with Gasteiger partial charge < -0.3 is 15.0 Å². The number of hydrogen-bond acceptors (Lipinski definition) is 5. The summed E-state index contributed by atoms with van der Waals surface area (Å²) in [7, 11) is 5.14. The molecular weight excluding hydrogens is 507 g/mol. The summed E-state index contributed by atoms with van der Waals surface area (Å²) in [4.78, 5) is 30.9. The molecule has 1 N–H and O–H groups in total. The van der Waals surface area contributed by atoms with Gasteiger partial charge in [0.1, 0.15) is 0 Å². The van der Waals surface area contributed by atoms with Gasteiger partial charge in [0, 0.05) is 54.2 Å². The molecule has 1 aromatic heterocycles. The van der Waals surface area contributed by atoms with E-state index in [1.165, 1.54) is 19.4 Å². The first-order chi connectivity index (χ1) is 17.4. The highest BCUT2D eigenvalue weighted by Crippen LogP contribution is 2.66. The van der Waals surface area contributed by atoms with Gasteiger partial charge in [-0.1, -0.05) is 36.7 Å². The van der Waals surface area contributed by atoms with Gasteiger partial charge in [0.15, 0.2) is 5.78 Å². The molecule has 6 nitrogen and oxygen atoms in total. The van der Waals surface area contributed by atoms with Crippen molar-refractivity contribution < 1.29 is 27.5 Å². The SMILES string of the molecule is CCC(=O)c1ccc(C[C@@H](CNC(=O)CC(c2ccc(OC)nc2)C2(C(F)(F)F)CC2)N(C)C)c(Cl)c1. The Bertz CT molecular complexity index is 1100. The van der Waals surface area contributed by atoms with E-state index in [1.807, 2.05) is 19.0 Å². The molecule has 1 unspecified atom stereocenters. The number of benzene rings is 1. The number of carbonyl (C=O) groups is 2. The maximum atomic E-state index is 14.0. The molecule has 1 amide bonds. The Morgan fingerprint density at radius 2 is 1.92 bits per heavy atom. The van der Waals surface area contributed by atoms with Gasteiger partial charge >= 0.3 is 6.18 Å². The first kappa shape index (κ1) is 28.9. The van der Waals surface area contributed by atoms with Crippen molar-refractivity contribution in [2.75, 3.05) is 27.7 Å². The minimum atomic E-state index is -4.42. The monoisotopic (exact) mass is 539 g/mol. The van der Waals surface area contributed by atoms with Crippen LogP contribution in [0.25, 0.3) is 0 Å². The smallest absolute Gasteiger partial charge is 0.395 e. The number of methoxy groups -OCH3 is 1. The number of ether oxygens (including phenoxy) is 1. The first-order valence-electron chi connectivity index (χ1n) is 12.2. The standard InChI is InChI=1S/C27H33ClF3N3O3/c1-5-23(35)18-7-6-17(22(28)13-18)12-20(34(2)3)16-32-24(36)14-21(26(10-11-26)27(29,30)31)19-8-9-25(37-4)33-15-19/h6-9,13,15,20-21H,5,10-12,14,16H2,1-4H3,(H,32,36)/t20-,21?/m0/s1. The lowest BCUT2D eigenvalue weighted by Crippen LogP contribution is -2.42. The van der Waals surface area contributed by atoms with Gasteiger partial charge in [-0.3, -0.25) is 9.59 Å². The second-order valence-electron chi connectivity index (χ2n) is 9.75. The summed E-state index contributed by atoms with van der Waals surface area (Å²) >= 11 is 6.42. The van der Waals surface area contributed by atoms with Gasteiger partial charge in [0.2, 0.25) is 11.8 Å². The molecule has 0 bridgehead atoms. The lowest BCUT2D eigenvalue weighted by molar-refractivity contribution is -0.194. The van der Waals surface area contributed by atoms with Crippen LogP contribution in [-0.4, -0.2) is 61.5 Å². The normalized spacial score (nSPS) is 16.2. The van der Waals surface area contributed by atoms with E-state index in [0.717, 1.165) is 5.56 Å². The Morgan fingerprint density at radius 3 is 2.41 bits per heavy atom. The lowest BCUT2D eigenvalue weighted by atomic mass is 9.80. The summed E-state index contributed by atoms with van der Waals surface area (Å²) in [6.07, 6.45) is -2.53. The Labute approximate surface area is 220 Å². The predicted molar refractivity (Wildman–Crippen MR) is 136 cm³/mol. The number of nitrogens with zero attached hydrogens (tertiary/aromatic N) is 2. The second kappa shape index (κ2) is 11.8. The van der Waals surface area contributed by atoms with Crippen molar-refractivity contribution in [1.29, 1.82) is 0 Å². The van der Waals surface area contributed by atoms with Crippen molar-refractivity contribution in [3.8, 4) is 5.88 Å². The van der Waals surface area contributed by atoms with E-state index in [4.69, 9.17) is 16.3 Å². The average molecular weight is 540 g/mol. The van der Waals surface area contributed by atoms with Crippen molar-refractivity contribution in [3.05, 3.63) is 58.2 Å². The van der Waals surface area contributed by atoms with E-state index < -0.39 is 23.4 Å². The zero-order valence-corrected chi connectivity index (χ0v) is 22.2. The molecule has 202 valence electrons. The van der Waals surface area contributed by atoms with Crippen LogP contribution in [0.1, 0.15) is 60.0 Å². The minimum absolute atomic E-state index is 0.00113. The number of halogens is 4. The van der Waals surface area contributed by atoms with Crippen LogP contribution in [-0.2, 0) is 11.2 Å². The number of likely N-dealkylation sites (N-methyl/N-ethyl adjacent to an activating group) is 1. The van der Waals surface area contributed by atoms with Crippen molar-refractivity contribution in [1.82, 2.24) is 15.2 Å². The second-order valence-corrected chi connectivity index (χ2v) is 10.2. The number of aromatic nitrogens is 1. The number of nitrogens with one attached hydrogen (secondary N) is 1. The van der Waals surface area contributed by atoms with Gasteiger partial charge in [-0.25, -0.2) is 4.98 Å². The van der Waals surface area contributed by atoms with Gasteiger partial charge in [-0.05, 0) is 50.6 Å². The average Bonchev–Trinajstić information content (AvgIpc) is 3.67. The Kier molecular flexibility index (Phi) is 9.23. The predicted octanol–water partition coefficient (Wildman–Crippen LogP) is 5.44. The van der Waals surface area contributed by atoms with E-state index in [-0.39, 0.29) is 37.6 Å². The third-order valence-corrected chi connectivity index (χ3v) is 7.55. The van der Waals surface area contributed by atoms with Crippen LogP contribution < -0.4 is 10.1 Å². The van der Waals surface area contributed by atoms with Crippen LogP contribution in [0, 0.1) is 5.41 Å². The number of hydrogen-bond donors (Lipinski definition) is 1. The molecular formula is C27H33ClF3N3O3. The van der Waals surface area contributed by atoms with E-state index in [1.54, 1.807) is 31.2 Å². The Balaban J connectivity index is 1.71. The summed E-state index contributed by atoms with van der Waals surface area (Å²) < 4.78 is 47.1. The fourth-order valence-corrected chi connectivity index (χ4v) is 4.84. The number of amides is 1. The van der Waals surface area contributed by atoms with Crippen molar-refractivity contribution >= 4 is 23.3 Å². The number of Topliss-reactive ketones (excluding diaryl/α,β-unsaturated/α-hetero) is 1. The Morgan fingerprint density at radius 1 is 1.22 bits per heavy atom. The third kappa shape index (κ3) is 6.82. The molecule has 0 aliphatic heterocycles. The number of rotatable bonds is 12. The van der Waals surface area contributed by atoms with Crippen molar-refractivity contribution in [2.24, 2.45) is 5.41 Å². The maximum absolute atomic E-state index is 14.0. The molecule has 2 atom stereocenters. The number of alkyl halides is 3. The summed E-state index contributed by atoms with van der Waals surface area (Å²) in [5, 5.41) is 3.29. The van der Waals surface area contributed by atoms with Crippen molar-refractivity contribution in [3.63, 3.8) is 0 Å². The van der Waals surface area contributed by atoms with Gasteiger partial charge in [-0.15, -0.1) is 0 Å². The van der Waals surface area contributed by atoms with Crippen LogP contribution in [0.15, 0.2) is 36.5 Å². The van der Waals surface area contributed by atoms with E-state index in [0.29, 0.717) is 34.9 Å². The molecule has 0 saturated heterocycles. The van der Waals surface area contributed by atoms with Gasteiger partial charge in [0.25, 0.3) is 0 Å². The van der Waals surface area contributed by atoms with Crippen LogP contribution in [0.5, 0.6) is 5.88 Å². The molecule has 1 aromatic carbocycles. The summed E-state index contributed by atoms with van der Waals surface area (Å²) in [5.41, 5.74) is -0.196. The molecule has 1 heterocycles. The van der Waals surface area contributed by atoms with E-state index in [2.05, 4.69) is 10.3 Å². The summed E-state index contributed by atoms with van der Waals surface area (Å²) in [6, 6.07) is 8.08. The zero-order valence-electron chi connectivity index (χ0n) is 21.5. The maximum Gasteiger partial charge on any atom is 0.395 e. The van der Waals surface area contributed by atoms with Crippen LogP contribution in [0.3, 0.4) is 0 Å². The molecule has 1 saturated carbocycles. The first-order valence-corrected chi connectivity index (χ1v) is 12.6. The molecule has 10 heteroatoms. The quantitative estimate of drug-likeness (QED) is 0.364. The molecule has 37 heavy (non-hydrogen) atoms. The molecule has 1 aliphatic rings. The molecule has 3 rings (SSSR count). The van der Waals surface area contributed by atoms with E-state index >= 15 is 0 Å². The third-order valence-electron chi connectivity index (χ3n) is 7.20. The minimum Gasteiger partial charge on any atom is -0.481 e. The van der Waals surface area contributed by atoms with Crippen LogP contribution >= 0.6 is 11.6 Å². The highest BCUT2D eigenvalue weighted by Gasteiger charge is 2.67. The van der Waals surface area contributed by atoms with E-state index in [9.17, 15) is 22.8 Å². The number of ketones is 1. The molecule has 0 radical (unpaired) electrons. The number of pyridine rings is 1. The largest absolute Gasteiger partial charge is 0.481 e. The fraction of sp³-hybridized carbons (Fsp3) is 0.519. The molecule has 0 spiro atoms. The zero-order chi connectivity index (χ0) is 27.4. The van der Waals surface area contributed by atoms with Crippen LogP contribution in [0.2, 0.25) is 5.02 Å². The summed E-state index contributed by atoms with van der Waals surface area (Å²) in [6.45, 7) is 2.01. The molecule has 1 aliphatic carbocycles. The summed E-state index contributed by atoms with van der Waals surface area (Å²) in [5.74, 6) is -1.21. The highest BCUT2D eigenvalue weighted by molar-refractivity contribution is 6.31. The van der Waals surface area contributed by atoms with Gasteiger partial charge in [-0.2, -0.15) is 13.2 Å². The highest BCUT2D eigenvalue weighted by atomic mass is 35.5. The molecule has 1 fully saturated rings. The van der Waals surface area contributed by atoms with Gasteiger partial charge in [0.05, 0.1) is 12.5 Å². The van der Waals surface area contributed by atoms with Crippen molar-refractivity contribution in [2.45, 2.75) is 57.2 Å². The number of carbonyl (C=O) groups excluding carboxylic acids is 2. The van der Waals surface area contributed by atoms with Crippen LogP contribution in [0.4, 0.5) is 13.2 Å². The lowest BCUT2D eigenvalue weighted by Gasteiger charge is -2.30. The molecule has 2 aromatic rings.